The van der Waals surface area contributed by atoms with Gasteiger partial charge in [0.2, 0.25) is 0 Å². The molecule has 1 aliphatic carbocycles. The molecular weight excluding hydrogens is 210 g/mol. The molecule has 0 bridgehead atoms. The van der Waals surface area contributed by atoms with Crippen molar-refractivity contribution in [2.75, 3.05) is 6.54 Å². The molecule has 2 N–H and O–H groups in total. The van der Waals surface area contributed by atoms with Crippen LogP contribution in [0.4, 0.5) is 0 Å². The second kappa shape index (κ2) is 4.00. The average molecular weight is 227 g/mol. The van der Waals surface area contributed by atoms with Gasteiger partial charge in [0, 0.05) is 6.20 Å². The summed E-state index contributed by atoms with van der Waals surface area (Å²) in [6.45, 7) is 0.795. The van der Waals surface area contributed by atoms with Gasteiger partial charge in [0.1, 0.15) is 0 Å². The van der Waals surface area contributed by atoms with E-state index in [1.54, 1.807) is 0 Å². The molecule has 1 heterocycles. The van der Waals surface area contributed by atoms with E-state index in [1.807, 2.05) is 29.1 Å². The van der Waals surface area contributed by atoms with Crippen LogP contribution in [0.1, 0.15) is 18.4 Å². The Morgan fingerprint density at radius 1 is 1.24 bits per heavy atom. The number of aromatic nitrogens is 2. The number of para-hydroxylation sites is 1. The Labute approximate surface area is 101 Å². The van der Waals surface area contributed by atoms with Gasteiger partial charge in [0.05, 0.1) is 11.9 Å². The molecule has 1 saturated carbocycles. The Balaban J connectivity index is 1.79. The largest absolute Gasteiger partial charge is 0.330 e. The van der Waals surface area contributed by atoms with Gasteiger partial charge < -0.3 is 5.73 Å². The van der Waals surface area contributed by atoms with Crippen LogP contribution >= 0.6 is 0 Å². The summed E-state index contributed by atoms with van der Waals surface area (Å²) in [7, 11) is 0. The van der Waals surface area contributed by atoms with E-state index in [2.05, 4.69) is 23.4 Å². The molecule has 1 aromatic carbocycles. The number of hydrogen-bond acceptors (Lipinski definition) is 2. The minimum Gasteiger partial charge on any atom is -0.330 e. The van der Waals surface area contributed by atoms with Gasteiger partial charge in [-0.3, -0.25) is 0 Å². The van der Waals surface area contributed by atoms with Gasteiger partial charge in [-0.2, -0.15) is 5.10 Å². The number of nitrogens with two attached hydrogens (primary N) is 1. The fraction of sp³-hybridized carbons (Fsp3) is 0.357. The van der Waals surface area contributed by atoms with E-state index < -0.39 is 0 Å². The van der Waals surface area contributed by atoms with E-state index in [9.17, 15) is 0 Å². The lowest BCUT2D eigenvalue weighted by Gasteiger charge is -2.09. The van der Waals surface area contributed by atoms with Crippen LogP contribution < -0.4 is 5.73 Å². The first-order valence-corrected chi connectivity index (χ1v) is 6.10. The van der Waals surface area contributed by atoms with Gasteiger partial charge in [-0.25, -0.2) is 4.68 Å². The molecule has 3 rings (SSSR count). The minimum atomic E-state index is 0.380. The van der Waals surface area contributed by atoms with Crippen molar-refractivity contribution in [1.29, 1.82) is 0 Å². The fourth-order valence-electron chi connectivity index (χ4n) is 2.24. The highest BCUT2D eigenvalue weighted by atomic mass is 15.3. The van der Waals surface area contributed by atoms with E-state index in [-0.39, 0.29) is 0 Å². The van der Waals surface area contributed by atoms with Crippen molar-refractivity contribution in [1.82, 2.24) is 9.78 Å². The maximum atomic E-state index is 5.81. The van der Waals surface area contributed by atoms with Crippen LogP contribution in [0.25, 0.3) is 5.69 Å². The van der Waals surface area contributed by atoms with E-state index in [0.29, 0.717) is 5.41 Å². The van der Waals surface area contributed by atoms with Crippen molar-refractivity contribution < 1.29 is 0 Å². The Kier molecular flexibility index (Phi) is 2.48. The topological polar surface area (TPSA) is 43.8 Å². The molecule has 0 spiro atoms. The highest BCUT2D eigenvalue weighted by Crippen LogP contribution is 2.47. The average Bonchev–Trinajstić information content (AvgIpc) is 3.00. The monoisotopic (exact) mass is 227 g/mol. The summed E-state index contributed by atoms with van der Waals surface area (Å²) < 4.78 is 1.93. The Hall–Kier alpha value is -1.61. The predicted octanol–water partition coefficient (Wildman–Crippen LogP) is 2.15. The molecule has 17 heavy (non-hydrogen) atoms. The predicted molar refractivity (Wildman–Crippen MR) is 68.0 cm³/mol. The normalized spacial score (nSPS) is 17.0. The van der Waals surface area contributed by atoms with Gasteiger partial charge in [-0.05, 0) is 48.9 Å². The first-order valence-electron chi connectivity index (χ1n) is 6.10. The summed E-state index contributed by atoms with van der Waals surface area (Å²) in [4.78, 5) is 0. The highest BCUT2D eigenvalue weighted by molar-refractivity contribution is 5.31. The van der Waals surface area contributed by atoms with Crippen molar-refractivity contribution >= 4 is 0 Å². The molecule has 1 aliphatic rings. The van der Waals surface area contributed by atoms with Crippen LogP contribution in [0.3, 0.4) is 0 Å². The molecule has 88 valence electrons. The van der Waals surface area contributed by atoms with Gasteiger partial charge in [-0.1, -0.05) is 18.2 Å². The van der Waals surface area contributed by atoms with E-state index in [4.69, 9.17) is 5.73 Å². The van der Waals surface area contributed by atoms with Crippen LogP contribution in [0.5, 0.6) is 0 Å². The number of benzene rings is 1. The summed E-state index contributed by atoms with van der Waals surface area (Å²) in [6.07, 6.45) is 7.67. The molecule has 3 heteroatoms. The standard InChI is InChI=1S/C14H17N3/c15-11-14(6-7-14)8-12-9-16-17(10-12)13-4-2-1-3-5-13/h1-5,9-10H,6-8,11,15H2. The Morgan fingerprint density at radius 2 is 2.00 bits per heavy atom. The zero-order chi connectivity index (χ0) is 11.7. The van der Waals surface area contributed by atoms with E-state index >= 15 is 0 Å². The van der Waals surface area contributed by atoms with Crippen LogP contribution in [-0.4, -0.2) is 16.3 Å². The third kappa shape index (κ3) is 2.11. The molecule has 1 fully saturated rings. The molecule has 0 saturated heterocycles. The molecule has 3 nitrogen and oxygen atoms in total. The first-order chi connectivity index (χ1) is 8.31. The zero-order valence-corrected chi connectivity index (χ0v) is 9.84. The lowest BCUT2D eigenvalue weighted by atomic mass is 9.99. The van der Waals surface area contributed by atoms with E-state index in [1.165, 1.54) is 18.4 Å². The van der Waals surface area contributed by atoms with Gasteiger partial charge >= 0.3 is 0 Å². The molecule has 1 aromatic heterocycles. The maximum Gasteiger partial charge on any atom is 0.0645 e. The molecular formula is C14H17N3. The third-order valence-electron chi connectivity index (χ3n) is 3.63. The smallest absolute Gasteiger partial charge is 0.0645 e. The van der Waals surface area contributed by atoms with Crippen molar-refractivity contribution in [3.8, 4) is 5.69 Å². The maximum absolute atomic E-state index is 5.81. The molecule has 0 radical (unpaired) electrons. The van der Waals surface area contributed by atoms with Crippen molar-refractivity contribution in [2.45, 2.75) is 19.3 Å². The minimum absolute atomic E-state index is 0.380. The molecule has 0 atom stereocenters. The van der Waals surface area contributed by atoms with Crippen molar-refractivity contribution in [3.05, 3.63) is 48.3 Å². The highest BCUT2D eigenvalue weighted by Gasteiger charge is 2.41. The van der Waals surface area contributed by atoms with Gasteiger partial charge in [0.25, 0.3) is 0 Å². The third-order valence-corrected chi connectivity index (χ3v) is 3.63. The molecule has 2 aromatic rings. The van der Waals surface area contributed by atoms with Crippen LogP contribution in [-0.2, 0) is 6.42 Å². The summed E-state index contributed by atoms with van der Waals surface area (Å²) in [5.41, 5.74) is 8.58. The second-order valence-corrected chi connectivity index (χ2v) is 5.01. The number of nitrogens with zero attached hydrogens (tertiary/aromatic N) is 2. The number of hydrogen-bond donors (Lipinski definition) is 1. The lowest BCUT2D eigenvalue weighted by Crippen LogP contribution is -2.17. The van der Waals surface area contributed by atoms with Gasteiger partial charge in [-0.15, -0.1) is 0 Å². The quantitative estimate of drug-likeness (QED) is 0.869. The second-order valence-electron chi connectivity index (χ2n) is 5.01. The Morgan fingerprint density at radius 3 is 2.65 bits per heavy atom. The Bertz CT molecular complexity index is 497. The lowest BCUT2D eigenvalue weighted by molar-refractivity contribution is 0.521. The van der Waals surface area contributed by atoms with E-state index in [0.717, 1.165) is 18.7 Å². The summed E-state index contributed by atoms with van der Waals surface area (Å²) >= 11 is 0. The number of rotatable bonds is 4. The summed E-state index contributed by atoms with van der Waals surface area (Å²) in [5, 5.41) is 4.41. The molecule has 0 aliphatic heterocycles. The molecule has 0 unspecified atom stereocenters. The van der Waals surface area contributed by atoms with Crippen LogP contribution in [0, 0.1) is 5.41 Å². The van der Waals surface area contributed by atoms with Crippen LogP contribution in [0.15, 0.2) is 42.7 Å². The molecule has 0 amide bonds. The van der Waals surface area contributed by atoms with Crippen molar-refractivity contribution in [2.24, 2.45) is 11.1 Å². The summed E-state index contributed by atoms with van der Waals surface area (Å²) in [6, 6.07) is 10.2. The SMILES string of the molecule is NCC1(Cc2cnn(-c3ccccc3)c2)CC1. The summed E-state index contributed by atoms with van der Waals surface area (Å²) in [5.74, 6) is 0. The van der Waals surface area contributed by atoms with Gasteiger partial charge in [0.15, 0.2) is 0 Å². The van der Waals surface area contributed by atoms with Crippen LogP contribution in [0.2, 0.25) is 0 Å². The first kappa shape index (κ1) is 10.5. The zero-order valence-electron chi connectivity index (χ0n) is 9.84. The fourth-order valence-corrected chi connectivity index (χ4v) is 2.24. The van der Waals surface area contributed by atoms with Crippen molar-refractivity contribution in [3.63, 3.8) is 0 Å².